The molecule has 100 valence electrons. The molecule has 1 N–H and O–H groups in total. The third kappa shape index (κ3) is 3.14. The smallest absolute Gasteiger partial charge is 0.00146 e. The Balaban J connectivity index is 2.24. The summed E-state index contributed by atoms with van der Waals surface area (Å²) in [6, 6.07) is 6.94. The summed E-state index contributed by atoms with van der Waals surface area (Å²) < 4.78 is 0. The molecule has 0 aromatic heterocycles. The molecule has 1 saturated heterocycles. The van der Waals surface area contributed by atoms with E-state index >= 15 is 0 Å². The van der Waals surface area contributed by atoms with Crippen molar-refractivity contribution in [2.75, 3.05) is 13.1 Å². The van der Waals surface area contributed by atoms with E-state index < -0.39 is 0 Å². The molecule has 1 aliphatic heterocycles. The summed E-state index contributed by atoms with van der Waals surface area (Å²) >= 11 is 0. The van der Waals surface area contributed by atoms with E-state index in [1.54, 1.807) is 5.56 Å². The first-order valence-electron chi connectivity index (χ1n) is 7.35. The van der Waals surface area contributed by atoms with Crippen molar-refractivity contribution >= 4 is 0 Å². The van der Waals surface area contributed by atoms with Crippen molar-refractivity contribution in [1.82, 2.24) is 5.32 Å². The molecule has 1 heteroatoms. The van der Waals surface area contributed by atoms with Gasteiger partial charge in [0.1, 0.15) is 0 Å². The Labute approximate surface area is 112 Å². The molecule has 1 aliphatic rings. The molecule has 1 heterocycles. The first-order valence-corrected chi connectivity index (χ1v) is 7.35. The topological polar surface area (TPSA) is 12.0 Å². The van der Waals surface area contributed by atoms with Crippen molar-refractivity contribution in [2.24, 2.45) is 11.8 Å². The number of nitrogens with one attached hydrogen (secondary N) is 1. The lowest BCUT2D eigenvalue weighted by Gasteiger charge is -2.34. The van der Waals surface area contributed by atoms with Crippen molar-refractivity contribution in [3.05, 3.63) is 34.9 Å². The standard InChI is InChI=1S/C17H27N/c1-12(2)9-15-11-18-8-7-16(15)17-10-13(3)5-6-14(17)4/h5-6,10,12,15-16,18H,7-9,11H2,1-4H3. The molecule has 0 spiro atoms. The summed E-state index contributed by atoms with van der Waals surface area (Å²) in [5.74, 6) is 2.36. The molecular formula is C17H27N. The summed E-state index contributed by atoms with van der Waals surface area (Å²) in [5.41, 5.74) is 4.47. The van der Waals surface area contributed by atoms with Gasteiger partial charge in [0.2, 0.25) is 0 Å². The molecule has 1 nitrogen and oxygen atoms in total. The minimum Gasteiger partial charge on any atom is -0.316 e. The van der Waals surface area contributed by atoms with E-state index in [9.17, 15) is 0 Å². The lowest BCUT2D eigenvalue weighted by atomic mass is 9.76. The van der Waals surface area contributed by atoms with E-state index in [0.717, 1.165) is 17.8 Å². The predicted molar refractivity (Wildman–Crippen MR) is 79.1 cm³/mol. The number of benzene rings is 1. The molecule has 0 saturated carbocycles. The van der Waals surface area contributed by atoms with Gasteiger partial charge in [0.05, 0.1) is 0 Å². The molecule has 18 heavy (non-hydrogen) atoms. The highest BCUT2D eigenvalue weighted by Gasteiger charge is 2.27. The van der Waals surface area contributed by atoms with E-state index in [0.29, 0.717) is 0 Å². The zero-order valence-electron chi connectivity index (χ0n) is 12.3. The molecular weight excluding hydrogens is 218 g/mol. The van der Waals surface area contributed by atoms with Crippen LogP contribution in [0.5, 0.6) is 0 Å². The van der Waals surface area contributed by atoms with E-state index in [1.807, 2.05) is 0 Å². The van der Waals surface area contributed by atoms with Crippen LogP contribution in [0.15, 0.2) is 18.2 Å². The third-order valence-corrected chi connectivity index (χ3v) is 4.22. The second-order valence-electron chi connectivity index (χ2n) is 6.35. The van der Waals surface area contributed by atoms with Gasteiger partial charge in [-0.05, 0) is 68.7 Å². The van der Waals surface area contributed by atoms with Crippen LogP contribution in [-0.2, 0) is 0 Å². The number of piperidine rings is 1. The first kappa shape index (κ1) is 13.6. The van der Waals surface area contributed by atoms with Crippen molar-refractivity contribution in [3.63, 3.8) is 0 Å². The van der Waals surface area contributed by atoms with Crippen LogP contribution >= 0.6 is 0 Å². The van der Waals surface area contributed by atoms with Crippen LogP contribution in [0.2, 0.25) is 0 Å². The second-order valence-corrected chi connectivity index (χ2v) is 6.35. The van der Waals surface area contributed by atoms with Gasteiger partial charge in [0, 0.05) is 0 Å². The highest BCUT2D eigenvalue weighted by molar-refractivity contribution is 5.34. The maximum atomic E-state index is 3.57. The van der Waals surface area contributed by atoms with Crippen LogP contribution in [0.25, 0.3) is 0 Å². The Kier molecular flexibility index (Phi) is 4.45. The van der Waals surface area contributed by atoms with Crippen LogP contribution in [0, 0.1) is 25.7 Å². The van der Waals surface area contributed by atoms with Gasteiger partial charge in [-0.15, -0.1) is 0 Å². The fraction of sp³-hybridized carbons (Fsp3) is 0.647. The molecule has 2 rings (SSSR count). The van der Waals surface area contributed by atoms with Crippen LogP contribution < -0.4 is 5.32 Å². The minimum atomic E-state index is 0.758. The van der Waals surface area contributed by atoms with Gasteiger partial charge in [-0.2, -0.15) is 0 Å². The quantitative estimate of drug-likeness (QED) is 0.847. The van der Waals surface area contributed by atoms with Crippen LogP contribution in [-0.4, -0.2) is 13.1 Å². The summed E-state index contributed by atoms with van der Waals surface area (Å²) in [6.07, 6.45) is 2.63. The third-order valence-electron chi connectivity index (χ3n) is 4.22. The van der Waals surface area contributed by atoms with E-state index in [-0.39, 0.29) is 0 Å². The predicted octanol–water partition coefficient (Wildman–Crippen LogP) is 4.04. The van der Waals surface area contributed by atoms with Crippen molar-refractivity contribution in [3.8, 4) is 0 Å². The molecule has 1 aromatic rings. The summed E-state index contributed by atoms with van der Waals surface area (Å²) in [5, 5.41) is 3.57. The van der Waals surface area contributed by atoms with Crippen LogP contribution in [0.4, 0.5) is 0 Å². The zero-order chi connectivity index (χ0) is 13.1. The largest absolute Gasteiger partial charge is 0.316 e. The molecule has 0 aliphatic carbocycles. The van der Waals surface area contributed by atoms with Gasteiger partial charge in [-0.1, -0.05) is 37.6 Å². The Morgan fingerprint density at radius 2 is 2.06 bits per heavy atom. The highest BCUT2D eigenvalue weighted by Crippen LogP contribution is 2.36. The minimum absolute atomic E-state index is 0.758. The lowest BCUT2D eigenvalue weighted by molar-refractivity contribution is 0.279. The normalized spacial score (nSPS) is 24.5. The second kappa shape index (κ2) is 5.88. The van der Waals surface area contributed by atoms with Gasteiger partial charge in [0.15, 0.2) is 0 Å². The SMILES string of the molecule is Cc1ccc(C)c(C2CCNCC2CC(C)C)c1. The molecule has 0 amide bonds. The Morgan fingerprint density at radius 1 is 1.28 bits per heavy atom. The number of aryl methyl sites for hydroxylation is 2. The summed E-state index contributed by atoms with van der Waals surface area (Å²) in [4.78, 5) is 0. The van der Waals surface area contributed by atoms with E-state index in [2.05, 4.69) is 51.2 Å². The van der Waals surface area contributed by atoms with Crippen molar-refractivity contribution in [1.29, 1.82) is 0 Å². The van der Waals surface area contributed by atoms with Crippen LogP contribution in [0.1, 0.15) is 49.3 Å². The average molecular weight is 245 g/mol. The Hall–Kier alpha value is -0.820. The molecule has 2 atom stereocenters. The van der Waals surface area contributed by atoms with Gasteiger partial charge in [-0.3, -0.25) is 0 Å². The lowest BCUT2D eigenvalue weighted by Crippen LogP contribution is -2.36. The Bertz CT molecular complexity index is 395. The molecule has 1 fully saturated rings. The number of rotatable bonds is 3. The van der Waals surface area contributed by atoms with E-state index in [1.165, 1.54) is 37.1 Å². The maximum Gasteiger partial charge on any atom is -0.00146 e. The van der Waals surface area contributed by atoms with Crippen molar-refractivity contribution < 1.29 is 0 Å². The van der Waals surface area contributed by atoms with Gasteiger partial charge in [0.25, 0.3) is 0 Å². The Morgan fingerprint density at radius 3 is 2.78 bits per heavy atom. The van der Waals surface area contributed by atoms with Gasteiger partial charge in [-0.25, -0.2) is 0 Å². The maximum absolute atomic E-state index is 3.57. The summed E-state index contributed by atoms with van der Waals surface area (Å²) in [7, 11) is 0. The molecule has 0 radical (unpaired) electrons. The fourth-order valence-electron chi connectivity index (χ4n) is 3.34. The molecule has 1 aromatic carbocycles. The highest BCUT2D eigenvalue weighted by atomic mass is 14.9. The zero-order valence-corrected chi connectivity index (χ0v) is 12.3. The molecule has 0 bridgehead atoms. The fourth-order valence-corrected chi connectivity index (χ4v) is 3.34. The monoisotopic (exact) mass is 245 g/mol. The summed E-state index contributed by atoms with van der Waals surface area (Å²) in [6.45, 7) is 11.5. The van der Waals surface area contributed by atoms with Crippen LogP contribution in [0.3, 0.4) is 0 Å². The van der Waals surface area contributed by atoms with E-state index in [4.69, 9.17) is 0 Å². The average Bonchev–Trinajstić information content (AvgIpc) is 2.32. The molecule has 2 unspecified atom stereocenters. The van der Waals surface area contributed by atoms with Gasteiger partial charge >= 0.3 is 0 Å². The van der Waals surface area contributed by atoms with Crippen molar-refractivity contribution in [2.45, 2.75) is 46.5 Å². The number of hydrogen-bond acceptors (Lipinski definition) is 1. The van der Waals surface area contributed by atoms with Gasteiger partial charge < -0.3 is 5.32 Å². The number of hydrogen-bond donors (Lipinski definition) is 1. The first-order chi connectivity index (χ1) is 8.58.